The highest BCUT2D eigenvalue weighted by atomic mass is 16.2. The van der Waals surface area contributed by atoms with Gasteiger partial charge in [-0.05, 0) is 44.0 Å². The smallest absolute Gasteiger partial charge is 0.271 e. The van der Waals surface area contributed by atoms with E-state index in [0.717, 1.165) is 42.3 Å². The van der Waals surface area contributed by atoms with Crippen molar-refractivity contribution in [2.45, 2.75) is 70.1 Å². The molecule has 1 N–H and O–H groups in total. The molecule has 166 valence electrons. The number of pyridine rings is 1. The fourth-order valence-electron chi connectivity index (χ4n) is 5.17. The number of benzene rings is 1. The first-order chi connectivity index (χ1) is 15.6. The highest BCUT2D eigenvalue weighted by Crippen LogP contribution is 2.33. The van der Waals surface area contributed by atoms with E-state index >= 15 is 0 Å². The molecule has 0 radical (unpaired) electrons. The summed E-state index contributed by atoms with van der Waals surface area (Å²) < 4.78 is 2.01. The molecule has 6 nitrogen and oxygen atoms in total. The van der Waals surface area contributed by atoms with Gasteiger partial charge >= 0.3 is 0 Å². The van der Waals surface area contributed by atoms with Crippen LogP contribution in [0.4, 0.5) is 0 Å². The number of nitrogens with one attached hydrogen (secondary N) is 1. The molecule has 0 saturated heterocycles. The second kappa shape index (κ2) is 8.41. The van der Waals surface area contributed by atoms with Crippen molar-refractivity contribution in [2.75, 3.05) is 0 Å². The van der Waals surface area contributed by atoms with Crippen LogP contribution in [0.5, 0.6) is 0 Å². The molecule has 1 aromatic carbocycles. The van der Waals surface area contributed by atoms with E-state index in [1.807, 2.05) is 60.0 Å². The largest absolute Gasteiger partial charge is 0.351 e. The zero-order chi connectivity index (χ0) is 22.1. The number of carbonyl (C=O) groups is 2. The molecule has 1 aliphatic carbocycles. The lowest BCUT2D eigenvalue weighted by Crippen LogP contribution is -2.64. The van der Waals surface area contributed by atoms with Crippen LogP contribution in [-0.4, -0.2) is 37.8 Å². The van der Waals surface area contributed by atoms with Crippen LogP contribution >= 0.6 is 0 Å². The van der Waals surface area contributed by atoms with Gasteiger partial charge in [-0.1, -0.05) is 49.9 Å². The molecular weight excluding hydrogens is 400 g/mol. The van der Waals surface area contributed by atoms with E-state index in [-0.39, 0.29) is 17.9 Å². The Morgan fingerprint density at radius 3 is 2.59 bits per heavy atom. The molecule has 1 aliphatic heterocycles. The normalized spacial score (nSPS) is 21.9. The second-order valence-corrected chi connectivity index (χ2v) is 9.32. The maximum absolute atomic E-state index is 13.8. The highest BCUT2D eigenvalue weighted by molar-refractivity contribution is 6.03. The fourth-order valence-corrected chi connectivity index (χ4v) is 5.17. The topological polar surface area (TPSA) is 67.2 Å². The lowest BCUT2D eigenvalue weighted by molar-refractivity contribution is -0.134. The molecule has 2 aromatic heterocycles. The molecule has 32 heavy (non-hydrogen) atoms. The van der Waals surface area contributed by atoms with E-state index in [4.69, 9.17) is 0 Å². The van der Waals surface area contributed by atoms with Gasteiger partial charge in [0.2, 0.25) is 5.91 Å². The molecule has 3 aromatic rings. The van der Waals surface area contributed by atoms with Crippen molar-refractivity contribution in [2.24, 2.45) is 0 Å². The molecule has 0 spiro atoms. The first-order valence-corrected chi connectivity index (χ1v) is 11.7. The van der Waals surface area contributed by atoms with Gasteiger partial charge in [0.25, 0.3) is 5.91 Å². The number of para-hydroxylation sites is 1. The molecule has 5 rings (SSSR count). The van der Waals surface area contributed by atoms with Crippen molar-refractivity contribution in [1.29, 1.82) is 0 Å². The maximum atomic E-state index is 13.8. The molecule has 1 saturated carbocycles. The average molecular weight is 431 g/mol. The van der Waals surface area contributed by atoms with Crippen molar-refractivity contribution < 1.29 is 9.59 Å². The number of rotatable bonds is 4. The van der Waals surface area contributed by atoms with Crippen LogP contribution in [0.15, 0.2) is 54.7 Å². The standard InChI is InChI=1S/C26H30N4O2/c1-26(25(32)28-20-11-4-2-3-5-12-20)18-29-22-14-7-6-10-19(22)16-23(29)24(31)30(26)17-21-13-8-9-15-27-21/h6-10,13-16,20H,2-5,11-12,17-18H2,1H3,(H,28,32)/t26-/m1/s1. The zero-order valence-corrected chi connectivity index (χ0v) is 18.6. The van der Waals surface area contributed by atoms with E-state index in [1.165, 1.54) is 12.8 Å². The Bertz CT molecular complexity index is 1130. The summed E-state index contributed by atoms with van der Waals surface area (Å²) in [5, 5.41) is 4.33. The summed E-state index contributed by atoms with van der Waals surface area (Å²) in [6.45, 7) is 2.63. The van der Waals surface area contributed by atoms with Crippen LogP contribution in [-0.2, 0) is 17.9 Å². The van der Waals surface area contributed by atoms with Crippen LogP contribution in [0.2, 0.25) is 0 Å². The molecule has 3 heterocycles. The van der Waals surface area contributed by atoms with Gasteiger partial charge < -0.3 is 14.8 Å². The van der Waals surface area contributed by atoms with E-state index < -0.39 is 5.54 Å². The van der Waals surface area contributed by atoms with Crippen LogP contribution in [0.1, 0.15) is 61.6 Å². The number of nitrogens with zero attached hydrogens (tertiary/aromatic N) is 3. The Labute approximate surface area is 188 Å². The maximum Gasteiger partial charge on any atom is 0.271 e. The predicted octanol–water partition coefficient (Wildman–Crippen LogP) is 4.29. The number of carbonyl (C=O) groups excluding carboxylic acids is 2. The number of hydrogen-bond acceptors (Lipinski definition) is 3. The second-order valence-electron chi connectivity index (χ2n) is 9.32. The molecule has 6 heteroatoms. The summed E-state index contributed by atoms with van der Waals surface area (Å²) in [5.41, 5.74) is 1.39. The third-order valence-electron chi connectivity index (χ3n) is 7.06. The van der Waals surface area contributed by atoms with Crippen molar-refractivity contribution in [3.05, 3.63) is 66.1 Å². The number of fused-ring (bicyclic) bond motifs is 3. The van der Waals surface area contributed by atoms with Gasteiger partial charge in [-0.15, -0.1) is 0 Å². The molecule has 1 atom stereocenters. The minimum atomic E-state index is -1.00. The first kappa shape index (κ1) is 20.7. The van der Waals surface area contributed by atoms with Crippen LogP contribution in [0.3, 0.4) is 0 Å². The van der Waals surface area contributed by atoms with E-state index in [9.17, 15) is 9.59 Å². The predicted molar refractivity (Wildman–Crippen MR) is 124 cm³/mol. The monoisotopic (exact) mass is 430 g/mol. The van der Waals surface area contributed by atoms with E-state index in [1.54, 1.807) is 11.1 Å². The summed E-state index contributed by atoms with van der Waals surface area (Å²) in [7, 11) is 0. The third kappa shape index (κ3) is 3.68. The van der Waals surface area contributed by atoms with Gasteiger partial charge in [-0.25, -0.2) is 0 Å². The van der Waals surface area contributed by atoms with Crippen LogP contribution in [0.25, 0.3) is 10.9 Å². The van der Waals surface area contributed by atoms with Crippen LogP contribution in [0, 0.1) is 0 Å². The Balaban J connectivity index is 1.53. The summed E-state index contributed by atoms with van der Waals surface area (Å²) in [4.78, 5) is 33.7. The summed E-state index contributed by atoms with van der Waals surface area (Å²) in [6, 6.07) is 15.8. The Morgan fingerprint density at radius 1 is 1.09 bits per heavy atom. The Hall–Kier alpha value is -3.15. The van der Waals surface area contributed by atoms with Crippen molar-refractivity contribution in [3.63, 3.8) is 0 Å². The van der Waals surface area contributed by atoms with Gasteiger partial charge in [0.1, 0.15) is 11.2 Å². The quantitative estimate of drug-likeness (QED) is 0.628. The minimum absolute atomic E-state index is 0.0721. The summed E-state index contributed by atoms with van der Waals surface area (Å²) >= 11 is 0. The van der Waals surface area contributed by atoms with Crippen LogP contribution < -0.4 is 5.32 Å². The van der Waals surface area contributed by atoms with Crippen molar-refractivity contribution in [3.8, 4) is 0 Å². The SMILES string of the molecule is C[C@]1(C(=O)NC2CCCCCC2)Cn2c(cc3ccccc32)C(=O)N1Cc1ccccn1. The molecule has 2 amide bonds. The number of hydrogen-bond donors (Lipinski definition) is 1. The third-order valence-corrected chi connectivity index (χ3v) is 7.06. The molecule has 0 bridgehead atoms. The molecular formula is C26H30N4O2. The average Bonchev–Trinajstić information content (AvgIpc) is 2.98. The number of aromatic nitrogens is 2. The van der Waals surface area contributed by atoms with E-state index in [2.05, 4.69) is 10.3 Å². The molecule has 1 fully saturated rings. The van der Waals surface area contributed by atoms with Gasteiger partial charge in [0.05, 0.1) is 18.8 Å². The van der Waals surface area contributed by atoms with Gasteiger partial charge in [-0.3, -0.25) is 14.6 Å². The molecule has 2 aliphatic rings. The van der Waals surface area contributed by atoms with Gasteiger partial charge in [-0.2, -0.15) is 0 Å². The van der Waals surface area contributed by atoms with Crippen molar-refractivity contribution >= 4 is 22.7 Å². The van der Waals surface area contributed by atoms with Gasteiger partial charge in [0.15, 0.2) is 0 Å². The fraction of sp³-hybridized carbons (Fsp3) is 0.423. The lowest BCUT2D eigenvalue weighted by atomic mass is 9.93. The van der Waals surface area contributed by atoms with Crippen molar-refractivity contribution in [1.82, 2.24) is 19.8 Å². The lowest BCUT2D eigenvalue weighted by Gasteiger charge is -2.44. The minimum Gasteiger partial charge on any atom is -0.351 e. The summed E-state index contributed by atoms with van der Waals surface area (Å²) in [5.74, 6) is -0.200. The van der Waals surface area contributed by atoms with Gasteiger partial charge in [0, 0.05) is 23.1 Å². The number of amides is 2. The molecule has 0 unspecified atom stereocenters. The summed E-state index contributed by atoms with van der Waals surface area (Å²) in [6.07, 6.45) is 8.49. The zero-order valence-electron chi connectivity index (χ0n) is 18.6. The first-order valence-electron chi connectivity index (χ1n) is 11.7. The Kier molecular flexibility index (Phi) is 5.45. The highest BCUT2D eigenvalue weighted by Gasteiger charge is 2.48. The van der Waals surface area contributed by atoms with E-state index in [0.29, 0.717) is 18.8 Å². The Morgan fingerprint density at radius 2 is 1.84 bits per heavy atom.